The second kappa shape index (κ2) is 8.70. The van der Waals surface area contributed by atoms with Gasteiger partial charge < -0.3 is 19.5 Å². The lowest BCUT2D eigenvalue weighted by molar-refractivity contribution is -0.131. The van der Waals surface area contributed by atoms with E-state index < -0.39 is 5.60 Å². The predicted molar refractivity (Wildman–Crippen MR) is 136 cm³/mol. The zero-order valence-electron chi connectivity index (χ0n) is 21.3. The third kappa shape index (κ3) is 4.40. The number of likely N-dealkylation sites (N-methyl/N-ethyl adjacent to an activating group) is 1. The first-order valence-corrected chi connectivity index (χ1v) is 12.5. The van der Waals surface area contributed by atoms with Crippen LogP contribution in [0.15, 0.2) is 30.6 Å². The third-order valence-corrected chi connectivity index (χ3v) is 7.11. The number of hydrogen-bond donors (Lipinski definition) is 1. The molecule has 0 radical (unpaired) electrons. The molecule has 184 valence electrons. The maximum Gasteiger partial charge on any atom is 0.410 e. The standard InChI is InChI=1S/C28H34N4O3/c1-6-31-16-23-19(13-25(31)33)10-18(20-12-21-17(2)14-29-26(21)30-15-20)11-22(23)24-8-7-9-32(24)27(34)35-28(3,4)5/h10-12,14-15,24H,6-9,13,16H2,1-5H3,(H,29,30)/t24-/m0/s1. The summed E-state index contributed by atoms with van der Waals surface area (Å²) in [6, 6.07) is 6.43. The van der Waals surface area contributed by atoms with Crippen LogP contribution in [0.25, 0.3) is 22.2 Å². The van der Waals surface area contributed by atoms with E-state index in [1.165, 1.54) is 5.56 Å². The van der Waals surface area contributed by atoms with Gasteiger partial charge >= 0.3 is 6.09 Å². The van der Waals surface area contributed by atoms with Crippen LogP contribution in [0.5, 0.6) is 0 Å². The Hall–Kier alpha value is -3.35. The molecular formula is C28H34N4O3. The summed E-state index contributed by atoms with van der Waals surface area (Å²) in [5.74, 6) is 0.147. The Morgan fingerprint density at radius 1 is 1.23 bits per heavy atom. The van der Waals surface area contributed by atoms with Gasteiger partial charge in [0, 0.05) is 43.0 Å². The molecule has 0 spiro atoms. The molecule has 2 amide bonds. The molecule has 0 aliphatic carbocycles. The zero-order valence-corrected chi connectivity index (χ0v) is 21.3. The third-order valence-electron chi connectivity index (χ3n) is 7.11. The highest BCUT2D eigenvalue weighted by Crippen LogP contribution is 2.40. The van der Waals surface area contributed by atoms with Crippen molar-refractivity contribution in [2.75, 3.05) is 13.1 Å². The number of hydrogen-bond acceptors (Lipinski definition) is 4. The minimum absolute atomic E-state index is 0.0730. The quantitative estimate of drug-likeness (QED) is 0.543. The molecule has 1 atom stereocenters. The summed E-state index contributed by atoms with van der Waals surface area (Å²) >= 11 is 0. The zero-order chi connectivity index (χ0) is 24.9. The molecular weight excluding hydrogens is 440 g/mol. The first-order valence-electron chi connectivity index (χ1n) is 12.5. The number of aromatic amines is 1. The summed E-state index contributed by atoms with van der Waals surface area (Å²) in [4.78, 5) is 37.5. The minimum atomic E-state index is -0.549. The maximum atomic E-state index is 13.1. The van der Waals surface area contributed by atoms with Gasteiger partial charge in [-0.15, -0.1) is 0 Å². The topological polar surface area (TPSA) is 78.5 Å². The van der Waals surface area contributed by atoms with Crippen LogP contribution >= 0.6 is 0 Å². The molecule has 4 heterocycles. The molecule has 7 nitrogen and oxygen atoms in total. The van der Waals surface area contributed by atoms with E-state index in [-0.39, 0.29) is 18.0 Å². The molecule has 35 heavy (non-hydrogen) atoms. The Morgan fingerprint density at radius 3 is 2.77 bits per heavy atom. The van der Waals surface area contributed by atoms with Crippen LogP contribution in [-0.4, -0.2) is 50.5 Å². The average molecular weight is 475 g/mol. The van der Waals surface area contributed by atoms with Crippen LogP contribution in [-0.2, 0) is 22.5 Å². The van der Waals surface area contributed by atoms with E-state index in [2.05, 4.69) is 35.1 Å². The van der Waals surface area contributed by atoms with E-state index in [1.807, 2.05) is 49.9 Å². The van der Waals surface area contributed by atoms with Crippen molar-refractivity contribution in [1.29, 1.82) is 0 Å². The summed E-state index contributed by atoms with van der Waals surface area (Å²) < 4.78 is 5.75. The van der Waals surface area contributed by atoms with E-state index in [1.54, 1.807) is 0 Å². The molecule has 1 saturated heterocycles. The molecule has 0 saturated carbocycles. The van der Waals surface area contributed by atoms with E-state index in [0.29, 0.717) is 26.1 Å². The van der Waals surface area contributed by atoms with Gasteiger partial charge in [0.15, 0.2) is 0 Å². The number of carbonyl (C=O) groups is 2. The number of benzene rings is 1. The van der Waals surface area contributed by atoms with E-state index in [9.17, 15) is 9.59 Å². The summed E-state index contributed by atoms with van der Waals surface area (Å²) in [7, 11) is 0. The van der Waals surface area contributed by atoms with Crippen molar-refractivity contribution in [3.63, 3.8) is 0 Å². The highest BCUT2D eigenvalue weighted by Gasteiger charge is 2.36. The number of carbonyl (C=O) groups excluding carboxylic acids is 2. The number of aromatic nitrogens is 2. The van der Waals surface area contributed by atoms with Gasteiger partial charge in [0.2, 0.25) is 5.91 Å². The van der Waals surface area contributed by atoms with Crippen molar-refractivity contribution < 1.29 is 14.3 Å². The van der Waals surface area contributed by atoms with Crippen molar-refractivity contribution in [2.45, 2.75) is 72.1 Å². The van der Waals surface area contributed by atoms with Crippen molar-refractivity contribution in [1.82, 2.24) is 19.8 Å². The van der Waals surface area contributed by atoms with Crippen LogP contribution in [0, 0.1) is 6.92 Å². The maximum absolute atomic E-state index is 13.1. The number of H-pyrrole nitrogens is 1. The normalized spacial score (nSPS) is 18.3. The molecule has 1 N–H and O–H groups in total. The highest BCUT2D eigenvalue weighted by molar-refractivity contribution is 5.86. The lowest BCUT2D eigenvalue weighted by atomic mass is 9.86. The second-order valence-electron chi connectivity index (χ2n) is 10.7. The van der Waals surface area contributed by atoms with Crippen molar-refractivity contribution in [2.24, 2.45) is 0 Å². The number of nitrogens with one attached hydrogen (secondary N) is 1. The van der Waals surface area contributed by atoms with Gasteiger partial charge in [-0.3, -0.25) is 4.79 Å². The van der Waals surface area contributed by atoms with Gasteiger partial charge in [-0.2, -0.15) is 0 Å². The Labute approximate surface area is 206 Å². The summed E-state index contributed by atoms with van der Waals surface area (Å²) in [6.45, 7) is 11.7. The molecule has 0 unspecified atom stereocenters. The van der Waals surface area contributed by atoms with Crippen molar-refractivity contribution in [3.8, 4) is 11.1 Å². The molecule has 1 aromatic carbocycles. The number of likely N-dealkylation sites (tertiary alicyclic amines) is 1. The molecule has 3 aromatic rings. The number of fused-ring (bicyclic) bond motifs is 2. The summed E-state index contributed by atoms with van der Waals surface area (Å²) in [6.07, 6.45) is 5.76. The fourth-order valence-electron chi connectivity index (χ4n) is 5.33. The Kier molecular flexibility index (Phi) is 5.82. The number of ether oxygens (including phenoxy) is 1. The molecule has 0 bridgehead atoms. The van der Waals surface area contributed by atoms with Gasteiger partial charge in [-0.05, 0) is 87.4 Å². The second-order valence-corrected chi connectivity index (χ2v) is 10.7. The number of aryl methyl sites for hydroxylation is 1. The number of pyridine rings is 1. The number of amides is 2. The Balaban J connectivity index is 1.62. The first kappa shape index (κ1) is 23.4. The minimum Gasteiger partial charge on any atom is -0.444 e. The van der Waals surface area contributed by atoms with Crippen molar-refractivity contribution in [3.05, 3.63) is 52.8 Å². The van der Waals surface area contributed by atoms with Crippen LogP contribution in [0.3, 0.4) is 0 Å². The first-order chi connectivity index (χ1) is 16.6. The SMILES string of the molecule is CCN1Cc2c(cc(-c3cnc4[nH]cc(C)c4c3)cc2[C@@H]2CCCN2C(=O)OC(C)(C)C)CC1=O. The lowest BCUT2D eigenvalue weighted by Gasteiger charge is -2.34. The molecule has 2 aliphatic rings. The van der Waals surface area contributed by atoms with E-state index in [4.69, 9.17) is 4.74 Å². The van der Waals surface area contributed by atoms with E-state index >= 15 is 0 Å². The van der Waals surface area contributed by atoms with Gasteiger partial charge in [-0.25, -0.2) is 9.78 Å². The lowest BCUT2D eigenvalue weighted by Crippen LogP contribution is -2.39. The van der Waals surface area contributed by atoms with Crippen LogP contribution in [0.2, 0.25) is 0 Å². The molecule has 2 aliphatic heterocycles. The molecule has 7 heteroatoms. The molecule has 1 fully saturated rings. The average Bonchev–Trinajstić information content (AvgIpc) is 3.44. The number of nitrogens with zero attached hydrogens (tertiary/aromatic N) is 3. The Morgan fingerprint density at radius 2 is 2.03 bits per heavy atom. The smallest absolute Gasteiger partial charge is 0.410 e. The van der Waals surface area contributed by atoms with Gasteiger partial charge in [0.1, 0.15) is 11.2 Å². The highest BCUT2D eigenvalue weighted by atomic mass is 16.6. The number of rotatable bonds is 3. The van der Waals surface area contributed by atoms with Crippen LogP contribution < -0.4 is 0 Å². The monoisotopic (exact) mass is 474 g/mol. The molecule has 5 rings (SSSR count). The fraction of sp³-hybridized carbons (Fsp3) is 0.464. The predicted octanol–water partition coefficient (Wildman–Crippen LogP) is 5.51. The van der Waals surface area contributed by atoms with E-state index in [0.717, 1.165) is 51.7 Å². The van der Waals surface area contributed by atoms with Crippen LogP contribution in [0.1, 0.15) is 68.8 Å². The van der Waals surface area contributed by atoms with Crippen LogP contribution in [0.4, 0.5) is 4.79 Å². The van der Waals surface area contributed by atoms with Crippen molar-refractivity contribution >= 4 is 23.0 Å². The summed E-state index contributed by atoms with van der Waals surface area (Å²) in [5.41, 5.74) is 6.85. The fourth-order valence-corrected chi connectivity index (χ4v) is 5.33. The summed E-state index contributed by atoms with van der Waals surface area (Å²) in [5, 5.41) is 1.09. The largest absolute Gasteiger partial charge is 0.444 e. The van der Waals surface area contributed by atoms with Gasteiger partial charge in [-0.1, -0.05) is 6.07 Å². The Bertz CT molecular complexity index is 1300. The van der Waals surface area contributed by atoms with Gasteiger partial charge in [0.05, 0.1) is 12.5 Å². The van der Waals surface area contributed by atoms with Gasteiger partial charge in [0.25, 0.3) is 0 Å². The molecule has 2 aromatic heterocycles.